The molecule has 4 nitrogen and oxygen atoms in total. The summed E-state index contributed by atoms with van der Waals surface area (Å²) in [5.74, 6) is -0.498. The van der Waals surface area contributed by atoms with E-state index in [1.165, 1.54) is 17.7 Å². The number of aldehydes is 1. The summed E-state index contributed by atoms with van der Waals surface area (Å²) >= 11 is 5.85. The predicted octanol–water partition coefficient (Wildman–Crippen LogP) is 1.76. The van der Waals surface area contributed by atoms with Gasteiger partial charge in [0, 0.05) is 6.54 Å². The van der Waals surface area contributed by atoms with Gasteiger partial charge in [-0.05, 0) is 13.0 Å². The van der Waals surface area contributed by atoms with Crippen molar-refractivity contribution in [3.05, 3.63) is 22.5 Å². The molecule has 0 aromatic carbocycles. The van der Waals surface area contributed by atoms with E-state index in [2.05, 4.69) is 4.74 Å². The first kappa shape index (κ1) is 10.8. The maximum Gasteiger partial charge on any atom is 0.354 e. The zero-order valence-electron chi connectivity index (χ0n) is 7.91. The summed E-state index contributed by atoms with van der Waals surface area (Å²) in [5, 5.41) is 0.267. The van der Waals surface area contributed by atoms with Crippen LogP contribution >= 0.6 is 11.6 Å². The molecular weight excluding hydrogens is 206 g/mol. The lowest BCUT2D eigenvalue weighted by Crippen LogP contribution is -2.09. The number of ether oxygens (including phenoxy) is 1. The number of hydrogen-bond donors (Lipinski definition) is 0. The zero-order chi connectivity index (χ0) is 10.7. The van der Waals surface area contributed by atoms with Crippen LogP contribution in [0, 0.1) is 0 Å². The molecule has 0 unspecified atom stereocenters. The molecule has 0 saturated carbocycles. The molecule has 1 rings (SSSR count). The quantitative estimate of drug-likeness (QED) is 0.570. The third kappa shape index (κ3) is 1.65. The van der Waals surface area contributed by atoms with E-state index in [0.29, 0.717) is 24.1 Å². The van der Waals surface area contributed by atoms with E-state index < -0.39 is 5.97 Å². The van der Waals surface area contributed by atoms with E-state index in [9.17, 15) is 9.59 Å². The molecule has 1 aromatic heterocycles. The molecule has 5 heteroatoms. The minimum atomic E-state index is -0.498. The zero-order valence-corrected chi connectivity index (χ0v) is 8.67. The normalized spacial score (nSPS) is 9.93. The van der Waals surface area contributed by atoms with Crippen molar-refractivity contribution in [2.45, 2.75) is 13.5 Å². The Balaban J connectivity index is 3.28. The third-order valence-corrected chi connectivity index (χ3v) is 2.32. The molecule has 0 aliphatic carbocycles. The summed E-state index contributed by atoms with van der Waals surface area (Å²) in [6.45, 7) is 2.34. The van der Waals surface area contributed by atoms with Crippen LogP contribution in [0.4, 0.5) is 0 Å². The van der Waals surface area contributed by atoms with Gasteiger partial charge in [-0.15, -0.1) is 0 Å². The van der Waals surface area contributed by atoms with Gasteiger partial charge in [-0.1, -0.05) is 11.6 Å². The number of hydrogen-bond acceptors (Lipinski definition) is 3. The second-order valence-electron chi connectivity index (χ2n) is 2.63. The summed E-state index contributed by atoms with van der Waals surface area (Å²) in [7, 11) is 1.28. The van der Waals surface area contributed by atoms with Crippen molar-refractivity contribution in [2.24, 2.45) is 0 Å². The second kappa shape index (κ2) is 4.28. The highest BCUT2D eigenvalue weighted by molar-refractivity contribution is 6.32. The molecule has 1 aromatic rings. The van der Waals surface area contributed by atoms with Crippen LogP contribution in [0.15, 0.2) is 6.07 Å². The second-order valence-corrected chi connectivity index (χ2v) is 2.99. The van der Waals surface area contributed by atoms with Gasteiger partial charge in [0.15, 0.2) is 6.29 Å². The van der Waals surface area contributed by atoms with Gasteiger partial charge in [0.25, 0.3) is 0 Å². The molecule has 0 bridgehead atoms. The topological polar surface area (TPSA) is 48.3 Å². The highest BCUT2D eigenvalue weighted by Gasteiger charge is 2.17. The van der Waals surface area contributed by atoms with E-state index in [0.717, 1.165) is 0 Å². The molecule has 0 fully saturated rings. The van der Waals surface area contributed by atoms with Gasteiger partial charge in [0.2, 0.25) is 0 Å². The Kier molecular flexibility index (Phi) is 3.30. The van der Waals surface area contributed by atoms with E-state index in [-0.39, 0.29) is 5.15 Å². The van der Waals surface area contributed by atoms with E-state index in [1.54, 1.807) is 0 Å². The van der Waals surface area contributed by atoms with Crippen molar-refractivity contribution < 1.29 is 14.3 Å². The lowest BCUT2D eigenvalue weighted by atomic mass is 10.3. The predicted molar refractivity (Wildman–Crippen MR) is 51.8 cm³/mol. The minimum Gasteiger partial charge on any atom is -0.464 e. The standard InChI is InChI=1S/C9H10ClNO3/c1-3-11-7(9(13)14-2)4-6(5-12)8(11)10/h4-5H,3H2,1-2H3. The number of carbonyl (C=O) groups is 2. The summed E-state index contributed by atoms with van der Waals surface area (Å²) in [4.78, 5) is 21.8. The monoisotopic (exact) mass is 215 g/mol. The molecule has 0 amide bonds. The van der Waals surface area contributed by atoms with Crippen LogP contribution in [0.2, 0.25) is 5.15 Å². The van der Waals surface area contributed by atoms with Gasteiger partial charge < -0.3 is 9.30 Å². The molecule has 0 radical (unpaired) electrons. The van der Waals surface area contributed by atoms with Crippen molar-refractivity contribution in [3.8, 4) is 0 Å². The number of carbonyl (C=O) groups excluding carboxylic acids is 2. The van der Waals surface area contributed by atoms with Gasteiger partial charge in [-0.25, -0.2) is 4.79 Å². The smallest absolute Gasteiger partial charge is 0.354 e. The molecule has 0 atom stereocenters. The Morgan fingerprint density at radius 1 is 1.71 bits per heavy atom. The van der Waals surface area contributed by atoms with Crippen LogP contribution in [0.25, 0.3) is 0 Å². The molecule has 0 aliphatic rings. The molecular formula is C9H10ClNO3. The number of aromatic nitrogens is 1. The van der Waals surface area contributed by atoms with Crippen LogP contribution < -0.4 is 0 Å². The molecule has 0 spiro atoms. The van der Waals surface area contributed by atoms with Crippen LogP contribution in [0.1, 0.15) is 27.8 Å². The van der Waals surface area contributed by atoms with Crippen LogP contribution in [0.5, 0.6) is 0 Å². The van der Waals surface area contributed by atoms with Gasteiger partial charge in [-0.2, -0.15) is 0 Å². The fourth-order valence-electron chi connectivity index (χ4n) is 1.21. The number of nitrogens with zero attached hydrogens (tertiary/aromatic N) is 1. The largest absolute Gasteiger partial charge is 0.464 e. The molecule has 76 valence electrons. The first-order chi connectivity index (χ1) is 6.65. The first-order valence-electron chi connectivity index (χ1n) is 4.08. The van der Waals surface area contributed by atoms with Crippen molar-refractivity contribution in [2.75, 3.05) is 7.11 Å². The van der Waals surface area contributed by atoms with Crippen molar-refractivity contribution in [1.29, 1.82) is 0 Å². The average molecular weight is 216 g/mol. The van der Waals surface area contributed by atoms with E-state index in [1.807, 2.05) is 6.92 Å². The maximum absolute atomic E-state index is 11.3. The molecule has 0 saturated heterocycles. The SMILES string of the molecule is CCn1c(C(=O)OC)cc(C=O)c1Cl. The van der Waals surface area contributed by atoms with Gasteiger partial charge >= 0.3 is 5.97 Å². The maximum atomic E-state index is 11.3. The van der Waals surface area contributed by atoms with Crippen molar-refractivity contribution >= 4 is 23.9 Å². The van der Waals surface area contributed by atoms with Crippen molar-refractivity contribution in [1.82, 2.24) is 4.57 Å². The van der Waals surface area contributed by atoms with Gasteiger partial charge in [-0.3, -0.25) is 4.79 Å². The Labute approximate surface area is 86.4 Å². The summed E-state index contributed by atoms with van der Waals surface area (Å²) in [5.41, 5.74) is 0.594. The highest BCUT2D eigenvalue weighted by atomic mass is 35.5. The Hall–Kier alpha value is -1.29. The fraction of sp³-hybridized carbons (Fsp3) is 0.333. The van der Waals surface area contributed by atoms with Crippen LogP contribution in [-0.2, 0) is 11.3 Å². The van der Waals surface area contributed by atoms with E-state index in [4.69, 9.17) is 11.6 Å². The first-order valence-corrected chi connectivity index (χ1v) is 4.46. The summed E-state index contributed by atoms with van der Waals surface area (Å²) < 4.78 is 6.08. The molecule has 14 heavy (non-hydrogen) atoms. The summed E-state index contributed by atoms with van der Waals surface area (Å²) in [6.07, 6.45) is 0.612. The van der Waals surface area contributed by atoms with Crippen LogP contribution in [0.3, 0.4) is 0 Å². The number of halogens is 1. The summed E-state index contributed by atoms with van der Waals surface area (Å²) in [6, 6.07) is 1.42. The van der Waals surface area contributed by atoms with Gasteiger partial charge in [0.05, 0.1) is 12.7 Å². The average Bonchev–Trinajstić information content (AvgIpc) is 2.53. The molecule has 1 heterocycles. The fourth-order valence-corrected chi connectivity index (χ4v) is 1.52. The van der Waals surface area contributed by atoms with Gasteiger partial charge in [0.1, 0.15) is 10.8 Å². The Morgan fingerprint density at radius 2 is 2.36 bits per heavy atom. The minimum absolute atomic E-state index is 0.267. The molecule has 0 aliphatic heterocycles. The third-order valence-electron chi connectivity index (χ3n) is 1.90. The lowest BCUT2D eigenvalue weighted by Gasteiger charge is -2.04. The Bertz CT molecular complexity index is 370. The molecule has 0 N–H and O–H groups in total. The van der Waals surface area contributed by atoms with Crippen LogP contribution in [-0.4, -0.2) is 23.9 Å². The number of esters is 1. The lowest BCUT2D eigenvalue weighted by molar-refractivity contribution is 0.0588. The Morgan fingerprint density at radius 3 is 2.79 bits per heavy atom. The highest BCUT2D eigenvalue weighted by Crippen LogP contribution is 2.20. The van der Waals surface area contributed by atoms with E-state index >= 15 is 0 Å². The number of methoxy groups -OCH3 is 1. The van der Waals surface area contributed by atoms with Crippen molar-refractivity contribution in [3.63, 3.8) is 0 Å². The number of rotatable bonds is 3.